The van der Waals surface area contributed by atoms with Gasteiger partial charge in [0.15, 0.2) is 0 Å². The average molecular weight is 472 g/mol. The fraction of sp³-hybridized carbons (Fsp3) is 0.600. The zero-order valence-electron chi connectivity index (χ0n) is 17.6. The largest absolute Gasteiger partial charge is 0.457 e. The van der Waals surface area contributed by atoms with E-state index in [1.807, 2.05) is 6.08 Å². The highest BCUT2D eigenvalue weighted by Gasteiger charge is 2.31. The van der Waals surface area contributed by atoms with E-state index in [1.54, 1.807) is 23.8 Å². The van der Waals surface area contributed by atoms with E-state index in [1.165, 1.54) is 17.7 Å². The number of aliphatic hydroxyl groups is 1. The molecule has 31 heavy (non-hydrogen) atoms. The Labute approximate surface area is 189 Å². The molecule has 5 atom stereocenters. The smallest absolute Gasteiger partial charge is 0.309 e. The van der Waals surface area contributed by atoms with Crippen molar-refractivity contribution in [1.82, 2.24) is 16.0 Å². The minimum Gasteiger partial charge on any atom is -0.457 e. The highest BCUT2D eigenvalue weighted by Crippen LogP contribution is 2.24. The van der Waals surface area contributed by atoms with E-state index in [0.717, 1.165) is 5.75 Å². The third-order valence-corrected chi connectivity index (χ3v) is 7.15. The first-order valence-electron chi connectivity index (χ1n) is 10.0. The van der Waals surface area contributed by atoms with Gasteiger partial charge in [0.2, 0.25) is 17.7 Å². The van der Waals surface area contributed by atoms with Crippen molar-refractivity contribution in [1.29, 1.82) is 0 Å². The molecule has 1 saturated heterocycles. The molecule has 2 heterocycles. The maximum atomic E-state index is 12.9. The van der Waals surface area contributed by atoms with Crippen molar-refractivity contribution < 1.29 is 29.0 Å². The highest BCUT2D eigenvalue weighted by molar-refractivity contribution is 8.76. The number of fused-ring (bicyclic) bond motifs is 7. The molecule has 3 amide bonds. The Bertz CT molecular complexity index is 744. The number of carbonyl (C=O) groups is 4. The topological polar surface area (TPSA) is 134 Å². The molecule has 0 saturated carbocycles. The third-order valence-electron chi connectivity index (χ3n) is 4.70. The fourth-order valence-electron chi connectivity index (χ4n) is 3.02. The quantitative estimate of drug-likeness (QED) is 0.246. The number of nitrogens with one attached hydrogen (secondary N) is 3. The van der Waals surface area contributed by atoms with Gasteiger partial charge in [-0.2, -0.15) is 0 Å². The van der Waals surface area contributed by atoms with Gasteiger partial charge in [-0.25, -0.2) is 0 Å². The van der Waals surface area contributed by atoms with E-state index in [4.69, 9.17) is 4.74 Å². The summed E-state index contributed by atoms with van der Waals surface area (Å²) in [6.45, 7) is 6.93. The Kier molecular flexibility index (Phi) is 9.92. The van der Waals surface area contributed by atoms with Gasteiger partial charge in [-0.05, 0) is 26.3 Å². The van der Waals surface area contributed by atoms with E-state index >= 15 is 0 Å². The summed E-state index contributed by atoms with van der Waals surface area (Å²) in [5.74, 6) is -1.18. The van der Waals surface area contributed by atoms with Gasteiger partial charge in [0.1, 0.15) is 18.2 Å². The van der Waals surface area contributed by atoms with Crippen molar-refractivity contribution in [3.63, 3.8) is 0 Å². The van der Waals surface area contributed by atoms with Gasteiger partial charge >= 0.3 is 5.97 Å². The number of rotatable bonds is 1. The van der Waals surface area contributed by atoms with Gasteiger partial charge in [-0.15, -0.1) is 0 Å². The molecule has 0 unspecified atom stereocenters. The van der Waals surface area contributed by atoms with Crippen LogP contribution in [0.15, 0.2) is 24.3 Å². The molecule has 2 rings (SSSR count). The average Bonchev–Trinajstić information content (AvgIpc) is 2.68. The molecule has 11 heteroatoms. The van der Waals surface area contributed by atoms with Crippen LogP contribution in [0.4, 0.5) is 0 Å². The Morgan fingerprint density at radius 3 is 2.58 bits per heavy atom. The zero-order valence-corrected chi connectivity index (χ0v) is 19.2. The van der Waals surface area contributed by atoms with Gasteiger partial charge in [0.05, 0.1) is 25.0 Å². The van der Waals surface area contributed by atoms with Crippen molar-refractivity contribution in [3.05, 3.63) is 24.3 Å². The maximum absolute atomic E-state index is 12.9. The number of amides is 3. The lowest BCUT2D eigenvalue weighted by Crippen LogP contribution is -2.56. The summed E-state index contributed by atoms with van der Waals surface area (Å²) in [5.41, 5.74) is 0.452. The molecule has 0 aromatic rings. The van der Waals surface area contributed by atoms with Crippen molar-refractivity contribution in [3.8, 4) is 0 Å². The van der Waals surface area contributed by atoms with E-state index in [2.05, 4.69) is 22.5 Å². The molecule has 2 aliphatic heterocycles. The van der Waals surface area contributed by atoms with Crippen molar-refractivity contribution in [2.75, 3.05) is 11.5 Å². The molecule has 0 aliphatic carbocycles. The highest BCUT2D eigenvalue weighted by atomic mass is 33.1. The number of ether oxygens (including phenoxy) is 1. The predicted octanol–water partition coefficient (Wildman–Crippen LogP) is 0.445. The van der Waals surface area contributed by atoms with Crippen LogP contribution in [0, 0.1) is 0 Å². The van der Waals surface area contributed by atoms with Gasteiger partial charge < -0.3 is 25.8 Å². The molecule has 172 valence electrons. The van der Waals surface area contributed by atoms with Crippen molar-refractivity contribution >= 4 is 45.3 Å². The summed E-state index contributed by atoms with van der Waals surface area (Å²) >= 11 is 0. The first-order valence-corrected chi connectivity index (χ1v) is 12.5. The lowest BCUT2D eigenvalue weighted by Gasteiger charge is -2.27. The molecule has 2 aliphatic rings. The fourth-order valence-corrected chi connectivity index (χ4v) is 5.18. The van der Waals surface area contributed by atoms with Crippen LogP contribution in [-0.4, -0.2) is 70.6 Å². The Balaban J connectivity index is 2.42. The summed E-state index contributed by atoms with van der Waals surface area (Å²) in [6.07, 6.45) is 1.48. The summed E-state index contributed by atoms with van der Waals surface area (Å²) in [4.78, 5) is 50.3. The second-order valence-corrected chi connectivity index (χ2v) is 10.1. The van der Waals surface area contributed by atoms with Crippen LogP contribution in [0.2, 0.25) is 0 Å². The Hall–Kier alpha value is -1.98. The molecular formula is C20H29N3O6S2. The van der Waals surface area contributed by atoms with Crippen LogP contribution < -0.4 is 16.0 Å². The van der Waals surface area contributed by atoms with Crippen molar-refractivity contribution in [2.45, 2.75) is 63.4 Å². The molecule has 4 N–H and O–H groups in total. The van der Waals surface area contributed by atoms with Crippen LogP contribution in [0.5, 0.6) is 0 Å². The molecule has 0 radical (unpaired) electrons. The molecule has 0 spiro atoms. The molecule has 0 aromatic carbocycles. The van der Waals surface area contributed by atoms with E-state index in [0.29, 0.717) is 12.0 Å². The summed E-state index contributed by atoms with van der Waals surface area (Å²) in [7, 11) is 2.98. The Morgan fingerprint density at radius 2 is 1.87 bits per heavy atom. The molecular weight excluding hydrogens is 442 g/mol. The lowest BCUT2D eigenvalue weighted by molar-refractivity contribution is -0.150. The Morgan fingerprint density at radius 1 is 1.13 bits per heavy atom. The van der Waals surface area contributed by atoms with Gasteiger partial charge in [-0.3, -0.25) is 19.2 Å². The van der Waals surface area contributed by atoms with E-state index < -0.39 is 54.0 Å². The molecule has 0 aromatic heterocycles. The minimum absolute atomic E-state index is 0.164. The van der Waals surface area contributed by atoms with Crippen LogP contribution in [0.3, 0.4) is 0 Å². The SMILES string of the molecule is C=C(C)[C@H]1NC(=O)[C@H]2CSSCC/C=C/[C@H](CC(=O)N[C@H](C)C(=O)N2)OC(=O)C[C@@H]1O. The number of aliphatic hydroxyl groups excluding tert-OH is 1. The monoisotopic (exact) mass is 471 g/mol. The summed E-state index contributed by atoms with van der Waals surface area (Å²) < 4.78 is 5.40. The van der Waals surface area contributed by atoms with Crippen molar-refractivity contribution in [2.24, 2.45) is 0 Å². The second-order valence-electron chi connectivity index (χ2n) is 7.51. The number of hydrogen-bond donors (Lipinski definition) is 4. The summed E-state index contributed by atoms with van der Waals surface area (Å²) in [5, 5.41) is 18.5. The zero-order chi connectivity index (χ0) is 23.0. The normalized spacial score (nSPS) is 32.8. The maximum Gasteiger partial charge on any atom is 0.309 e. The van der Waals surface area contributed by atoms with E-state index in [9.17, 15) is 24.3 Å². The number of allylic oxidation sites excluding steroid dienone is 1. The summed E-state index contributed by atoms with van der Waals surface area (Å²) in [6, 6.07) is -2.69. The van der Waals surface area contributed by atoms with Crippen LogP contribution in [-0.2, 0) is 23.9 Å². The third kappa shape index (κ3) is 8.23. The standard InChI is InChI=1S/C20H29N3O6S2/c1-11(2)18-15(24)9-17(26)29-13-6-4-5-7-30-31-10-14(20(28)23-18)22-19(27)12(3)21-16(25)8-13/h4,6,12-15,18,24H,1,5,7-10H2,2-3H3,(H,21,25)(H,22,27)(H,23,28)/b6-4+/t12-,13-,14-,15+,18-/m1/s1. The number of carbonyl (C=O) groups excluding carboxylic acids is 4. The van der Waals surface area contributed by atoms with Crippen LogP contribution >= 0.6 is 21.6 Å². The lowest BCUT2D eigenvalue weighted by atomic mass is 10.0. The van der Waals surface area contributed by atoms with Crippen LogP contribution in [0.1, 0.15) is 33.1 Å². The molecule has 1 fully saturated rings. The first-order chi connectivity index (χ1) is 14.7. The van der Waals surface area contributed by atoms with E-state index in [-0.39, 0.29) is 18.6 Å². The van der Waals surface area contributed by atoms with Gasteiger partial charge in [-0.1, -0.05) is 39.8 Å². The van der Waals surface area contributed by atoms with Gasteiger partial charge in [0.25, 0.3) is 0 Å². The molecule has 2 bridgehead atoms. The van der Waals surface area contributed by atoms with Gasteiger partial charge in [0, 0.05) is 11.5 Å². The minimum atomic E-state index is -1.28. The molecule has 9 nitrogen and oxygen atoms in total. The predicted molar refractivity (Wildman–Crippen MR) is 120 cm³/mol. The number of esters is 1. The second kappa shape index (κ2) is 12.2. The first kappa shape index (κ1) is 25.3. The van der Waals surface area contributed by atoms with Crippen LogP contribution in [0.25, 0.3) is 0 Å². The number of hydrogen-bond acceptors (Lipinski definition) is 8.